The van der Waals surface area contributed by atoms with Gasteiger partial charge >= 0.3 is 5.97 Å². The number of carboxylic acids is 1. The Morgan fingerprint density at radius 1 is 1.53 bits per heavy atom. The van der Waals surface area contributed by atoms with Crippen LogP contribution in [-0.4, -0.2) is 28.6 Å². The molecule has 0 radical (unpaired) electrons. The highest BCUT2D eigenvalue weighted by atomic mass is 79.9. The number of benzene rings is 1. The number of hydrogen-bond donors (Lipinski definition) is 2. The number of aliphatic hydroxyl groups is 1. The van der Waals surface area contributed by atoms with Crippen molar-refractivity contribution in [2.24, 2.45) is 0 Å². The summed E-state index contributed by atoms with van der Waals surface area (Å²) in [7, 11) is 1.55. The van der Waals surface area contributed by atoms with Crippen molar-refractivity contribution in [3.8, 4) is 5.75 Å². The van der Waals surface area contributed by atoms with Crippen LogP contribution in [0, 0.1) is 0 Å². The molecule has 0 amide bonds. The van der Waals surface area contributed by atoms with E-state index in [0.29, 0.717) is 17.7 Å². The topological polar surface area (TPSA) is 66.8 Å². The Labute approximate surface area is 108 Å². The zero-order valence-electron chi connectivity index (χ0n) is 9.52. The molecule has 1 unspecified atom stereocenters. The highest BCUT2D eigenvalue weighted by Crippen LogP contribution is 2.24. The van der Waals surface area contributed by atoms with Crippen LogP contribution in [0.15, 0.2) is 18.2 Å². The number of ether oxygens (including phenoxy) is 1. The number of rotatable bonds is 6. The number of alkyl halides is 1. The van der Waals surface area contributed by atoms with E-state index in [1.54, 1.807) is 25.3 Å². The Morgan fingerprint density at radius 3 is 2.76 bits per heavy atom. The lowest BCUT2D eigenvalue weighted by atomic mass is 9.98. The van der Waals surface area contributed by atoms with Crippen LogP contribution in [-0.2, 0) is 11.2 Å². The first kappa shape index (κ1) is 14.0. The minimum absolute atomic E-state index is 0.430. The van der Waals surface area contributed by atoms with Crippen LogP contribution in [0.25, 0.3) is 0 Å². The van der Waals surface area contributed by atoms with Crippen LogP contribution < -0.4 is 4.74 Å². The van der Waals surface area contributed by atoms with E-state index >= 15 is 0 Å². The molecule has 0 saturated heterocycles. The van der Waals surface area contributed by atoms with E-state index in [1.165, 1.54) is 0 Å². The molecular weight excluding hydrogens is 288 g/mol. The second-order valence-electron chi connectivity index (χ2n) is 3.60. The van der Waals surface area contributed by atoms with E-state index < -0.39 is 12.1 Å². The Morgan fingerprint density at radius 2 is 2.24 bits per heavy atom. The maximum Gasteiger partial charge on any atom is 0.337 e. The summed E-state index contributed by atoms with van der Waals surface area (Å²) in [6.45, 7) is 0. The number of carboxylic acid groups (broad SMARTS) is 1. The van der Waals surface area contributed by atoms with E-state index in [1.807, 2.05) is 0 Å². The van der Waals surface area contributed by atoms with Crippen LogP contribution in [0.5, 0.6) is 5.75 Å². The molecule has 1 atom stereocenters. The van der Waals surface area contributed by atoms with Crippen molar-refractivity contribution >= 4 is 21.9 Å². The number of aliphatic carboxylic acids is 1. The molecule has 17 heavy (non-hydrogen) atoms. The third-order valence-electron chi connectivity index (χ3n) is 2.46. The first-order valence-electron chi connectivity index (χ1n) is 5.23. The van der Waals surface area contributed by atoms with Crippen LogP contribution in [0.4, 0.5) is 0 Å². The van der Waals surface area contributed by atoms with E-state index in [0.717, 1.165) is 17.3 Å². The molecule has 0 bridgehead atoms. The fourth-order valence-corrected chi connectivity index (χ4v) is 1.86. The molecule has 4 nitrogen and oxygen atoms in total. The van der Waals surface area contributed by atoms with Crippen molar-refractivity contribution in [2.75, 3.05) is 12.4 Å². The van der Waals surface area contributed by atoms with Gasteiger partial charge in [0, 0.05) is 5.33 Å². The molecule has 94 valence electrons. The number of aliphatic hydroxyl groups excluding tert-OH is 1. The van der Waals surface area contributed by atoms with E-state index in [9.17, 15) is 9.90 Å². The Kier molecular flexibility index (Phi) is 5.44. The van der Waals surface area contributed by atoms with Gasteiger partial charge in [0.25, 0.3) is 0 Å². The number of methoxy groups -OCH3 is 1. The molecule has 0 spiro atoms. The molecule has 0 heterocycles. The molecule has 0 saturated carbocycles. The molecule has 0 aliphatic rings. The van der Waals surface area contributed by atoms with Gasteiger partial charge in [-0.3, -0.25) is 0 Å². The monoisotopic (exact) mass is 302 g/mol. The maximum absolute atomic E-state index is 10.8. The Balaban J connectivity index is 3.05. The van der Waals surface area contributed by atoms with Gasteiger partial charge in [0.1, 0.15) is 5.75 Å². The lowest BCUT2D eigenvalue weighted by Crippen LogP contribution is -2.13. The molecule has 5 heteroatoms. The SMILES string of the molecule is COc1ccc(C(O)C(=O)O)c(CCCBr)c1. The number of carbonyl (C=O) groups is 1. The summed E-state index contributed by atoms with van der Waals surface area (Å²) in [5, 5.41) is 19.2. The van der Waals surface area contributed by atoms with Gasteiger partial charge in [-0.05, 0) is 36.1 Å². The summed E-state index contributed by atoms with van der Waals surface area (Å²) in [6.07, 6.45) is 0.0838. The van der Waals surface area contributed by atoms with Crippen LogP contribution in [0.3, 0.4) is 0 Å². The van der Waals surface area contributed by atoms with Crippen molar-refractivity contribution in [1.82, 2.24) is 0 Å². The molecule has 0 aromatic heterocycles. The van der Waals surface area contributed by atoms with Gasteiger partial charge in [0.05, 0.1) is 7.11 Å². The number of halogens is 1. The second kappa shape index (κ2) is 6.61. The van der Waals surface area contributed by atoms with E-state index in [-0.39, 0.29) is 0 Å². The standard InChI is InChI=1S/C12H15BrO4/c1-17-9-4-5-10(11(14)12(15)16)8(7-9)3-2-6-13/h4-5,7,11,14H,2-3,6H2,1H3,(H,15,16). The van der Waals surface area contributed by atoms with Gasteiger partial charge in [-0.1, -0.05) is 22.0 Å². The van der Waals surface area contributed by atoms with E-state index in [4.69, 9.17) is 9.84 Å². The summed E-state index contributed by atoms with van der Waals surface area (Å²) >= 11 is 3.32. The van der Waals surface area contributed by atoms with Crippen molar-refractivity contribution in [2.45, 2.75) is 18.9 Å². The van der Waals surface area contributed by atoms with Crippen LogP contribution in [0.1, 0.15) is 23.7 Å². The minimum Gasteiger partial charge on any atom is -0.497 e. The normalized spacial score (nSPS) is 12.2. The average molecular weight is 303 g/mol. The second-order valence-corrected chi connectivity index (χ2v) is 4.39. The predicted molar refractivity (Wildman–Crippen MR) is 67.7 cm³/mol. The fraction of sp³-hybridized carbons (Fsp3) is 0.417. The zero-order chi connectivity index (χ0) is 12.8. The van der Waals surface area contributed by atoms with Crippen LogP contribution in [0.2, 0.25) is 0 Å². The molecule has 0 aliphatic heterocycles. The summed E-state index contributed by atoms with van der Waals surface area (Å²) in [5.41, 5.74) is 1.23. The minimum atomic E-state index is -1.48. The third kappa shape index (κ3) is 3.71. The van der Waals surface area contributed by atoms with Crippen molar-refractivity contribution in [3.63, 3.8) is 0 Å². The quantitative estimate of drug-likeness (QED) is 0.790. The molecule has 2 N–H and O–H groups in total. The fourth-order valence-electron chi connectivity index (χ4n) is 1.58. The van der Waals surface area contributed by atoms with Gasteiger partial charge in [-0.25, -0.2) is 4.79 Å². The molecule has 1 rings (SSSR count). The summed E-state index contributed by atoms with van der Waals surface area (Å²) in [5.74, 6) is -0.578. The van der Waals surface area contributed by atoms with Gasteiger partial charge in [0.15, 0.2) is 6.10 Å². The highest BCUT2D eigenvalue weighted by Gasteiger charge is 2.19. The summed E-state index contributed by atoms with van der Waals surface area (Å²) in [4.78, 5) is 10.8. The lowest BCUT2D eigenvalue weighted by molar-refractivity contribution is -0.147. The Bertz CT molecular complexity index is 392. The first-order chi connectivity index (χ1) is 8.10. The number of hydrogen-bond acceptors (Lipinski definition) is 3. The van der Waals surface area contributed by atoms with Gasteiger partial charge < -0.3 is 14.9 Å². The zero-order valence-corrected chi connectivity index (χ0v) is 11.1. The van der Waals surface area contributed by atoms with E-state index in [2.05, 4.69) is 15.9 Å². The van der Waals surface area contributed by atoms with Gasteiger partial charge in [-0.2, -0.15) is 0 Å². The van der Waals surface area contributed by atoms with Crippen molar-refractivity contribution in [1.29, 1.82) is 0 Å². The number of aryl methyl sites for hydroxylation is 1. The maximum atomic E-state index is 10.8. The van der Waals surface area contributed by atoms with Crippen LogP contribution >= 0.6 is 15.9 Å². The van der Waals surface area contributed by atoms with Crippen molar-refractivity contribution in [3.05, 3.63) is 29.3 Å². The lowest BCUT2D eigenvalue weighted by Gasteiger charge is -2.13. The predicted octanol–water partition coefficient (Wildman–Crippen LogP) is 2.14. The molecular formula is C12H15BrO4. The van der Waals surface area contributed by atoms with Crippen molar-refractivity contribution < 1.29 is 19.7 Å². The molecule has 1 aromatic rings. The third-order valence-corrected chi connectivity index (χ3v) is 3.02. The summed E-state index contributed by atoms with van der Waals surface area (Å²) in [6, 6.07) is 5.02. The molecule has 1 aromatic carbocycles. The van der Waals surface area contributed by atoms with Gasteiger partial charge in [-0.15, -0.1) is 0 Å². The summed E-state index contributed by atoms with van der Waals surface area (Å²) < 4.78 is 5.09. The highest BCUT2D eigenvalue weighted by molar-refractivity contribution is 9.09. The molecule has 0 fully saturated rings. The largest absolute Gasteiger partial charge is 0.497 e. The smallest absolute Gasteiger partial charge is 0.337 e. The molecule has 0 aliphatic carbocycles. The van der Waals surface area contributed by atoms with Gasteiger partial charge in [0.2, 0.25) is 0 Å². The Hall–Kier alpha value is -1.07. The first-order valence-corrected chi connectivity index (χ1v) is 6.36. The average Bonchev–Trinajstić information content (AvgIpc) is 2.34.